The molecule has 26 heavy (non-hydrogen) atoms. The van der Waals surface area contributed by atoms with Gasteiger partial charge in [0.05, 0.1) is 22.7 Å². The van der Waals surface area contributed by atoms with Gasteiger partial charge in [0.1, 0.15) is 0 Å². The van der Waals surface area contributed by atoms with Crippen LogP contribution >= 0.6 is 11.8 Å². The van der Waals surface area contributed by atoms with Gasteiger partial charge in [-0.15, -0.1) is 11.8 Å². The van der Waals surface area contributed by atoms with Crippen molar-refractivity contribution in [2.24, 2.45) is 0 Å². The molecule has 2 rings (SSSR count). The molecule has 0 aliphatic heterocycles. The zero-order chi connectivity index (χ0) is 19.5. The molecule has 0 saturated heterocycles. The van der Waals surface area contributed by atoms with E-state index < -0.39 is 11.7 Å². The zero-order valence-corrected chi connectivity index (χ0v) is 15.9. The Labute approximate surface area is 155 Å². The number of halogens is 3. The molecule has 0 unspecified atom stereocenters. The number of nitrogens with zero attached hydrogens (tertiary/aromatic N) is 1. The molecule has 1 N–H and O–H groups in total. The summed E-state index contributed by atoms with van der Waals surface area (Å²) in [6.07, 6.45) is -4.46. The van der Waals surface area contributed by atoms with Crippen LogP contribution in [-0.2, 0) is 11.0 Å². The van der Waals surface area contributed by atoms with Crippen molar-refractivity contribution in [3.8, 4) is 0 Å². The molecule has 0 atom stereocenters. The van der Waals surface area contributed by atoms with E-state index in [1.807, 2.05) is 32.0 Å². The Morgan fingerprint density at radius 3 is 2.38 bits per heavy atom. The number of thioether (sulfide) groups is 1. The number of carbonyl (C=O) groups is 1. The third kappa shape index (κ3) is 5.17. The zero-order valence-electron chi connectivity index (χ0n) is 15.1. The van der Waals surface area contributed by atoms with E-state index in [1.54, 1.807) is 19.0 Å². The molecule has 3 nitrogen and oxygen atoms in total. The maximum absolute atomic E-state index is 13.0. The molecule has 7 heteroatoms. The molecular formula is C19H21F3N2OS. The average molecular weight is 382 g/mol. The van der Waals surface area contributed by atoms with E-state index in [4.69, 9.17) is 0 Å². The van der Waals surface area contributed by atoms with Crippen molar-refractivity contribution in [1.29, 1.82) is 0 Å². The number of nitrogens with one attached hydrogen (secondary N) is 1. The normalized spacial score (nSPS) is 11.3. The van der Waals surface area contributed by atoms with Crippen LogP contribution in [0.2, 0.25) is 0 Å². The van der Waals surface area contributed by atoms with Gasteiger partial charge >= 0.3 is 6.18 Å². The minimum absolute atomic E-state index is 0.118. The van der Waals surface area contributed by atoms with E-state index in [1.165, 1.54) is 17.8 Å². The van der Waals surface area contributed by atoms with Crippen LogP contribution in [0.15, 0.2) is 41.3 Å². The van der Waals surface area contributed by atoms with Crippen LogP contribution in [0, 0.1) is 13.8 Å². The molecular weight excluding hydrogens is 361 g/mol. The molecule has 0 aromatic heterocycles. The van der Waals surface area contributed by atoms with Crippen LogP contribution in [0.25, 0.3) is 0 Å². The molecule has 0 fully saturated rings. The molecule has 0 radical (unpaired) electrons. The van der Waals surface area contributed by atoms with E-state index >= 15 is 0 Å². The number of rotatable bonds is 5. The van der Waals surface area contributed by atoms with Gasteiger partial charge in [-0.3, -0.25) is 4.79 Å². The summed E-state index contributed by atoms with van der Waals surface area (Å²) in [7, 11) is 3.42. The van der Waals surface area contributed by atoms with Gasteiger partial charge in [0.2, 0.25) is 5.91 Å². The molecule has 140 valence electrons. The van der Waals surface area contributed by atoms with Crippen LogP contribution in [0.5, 0.6) is 0 Å². The summed E-state index contributed by atoms with van der Waals surface area (Å²) >= 11 is 1.36. The molecule has 0 saturated carbocycles. The highest BCUT2D eigenvalue weighted by atomic mass is 32.2. The highest BCUT2D eigenvalue weighted by molar-refractivity contribution is 8.00. The molecule has 2 aromatic rings. The monoisotopic (exact) mass is 382 g/mol. The first-order chi connectivity index (χ1) is 12.1. The topological polar surface area (TPSA) is 32.3 Å². The number of carbonyl (C=O) groups excluding carboxylic acids is 1. The number of hydrogen-bond acceptors (Lipinski definition) is 3. The number of benzene rings is 2. The predicted molar refractivity (Wildman–Crippen MR) is 101 cm³/mol. The summed E-state index contributed by atoms with van der Waals surface area (Å²) in [6, 6.07) is 9.26. The highest BCUT2D eigenvalue weighted by Gasteiger charge is 2.31. The Balaban J connectivity index is 2.14. The largest absolute Gasteiger partial charge is 0.416 e. The molecule has 0 bridgehead atoms. The summed E-state index contributed by atoms with van der Waals surface area (Å²) < 4.78 is 38.9. The summed E-state index contributed by atoms with van der Waals surface area (Å²) in [5, 5.41) is 2.60. The quantitative estimate of drug-likeness (QED) is 0.729. The summed E-state index contributed by atoms with van der Waals surface area (Å²) in [4.78, 5) is 14.9. The first-order valence-corrected chi connectivity index (χ1v) is 8.95. The second kappa shape index (κ2) is 8.03. The van der Waals surface area contributed by atoms with Crippen molar-refractivity contribution in [3.63, 3.8) is 0 Å². The van der Waals surface area contributed by atoms with Crippen LogP contribution < -0.4 is 10.2 Å². The summed E-state index contributed by atoms with van der Waals surface area (Å²) in [5.74, 6) is -0.232. The van der Waals surface area contributed by atoms with Crippen molar-refractivity contribution < 1.29 is 18.0 Å². The molecule has 2 aromatic carbocycles. The summed E-state index contributed by atoms with van der Waals surface area (Å²) in [6.45, 7) is 3.95. The van der Waals surface area contributed by atoms with Crippen molar-refractivity contribution in [1.82, 2.24) is 0 Å². The standard InChI is InChI=1S/C19H21F3N2OS/c1-12-5-8-17(13(2)9-12)26-11-18(25)23-15-10-14(19(20,21)22)6-7-16(15)24(3)4/h5-10H,11H2,1-4H3,(H,23,25). The van der Waals surface area contributed by atoms with Gasteiger partial charge in [-0.2, -0.15) is 13.2 Å². The molecule has 0 spiro atoms. The fourth-order valence-electron chi connectivity index (χ4n) is 2.49. The van der Waals surface area contributed by atoms with Gasteiger partial charge in [0.15, 0.2) is 0 Å². The van der Waals surface area contributed by atoms with E-state index in [2.05, 4.69) is 5.32 Å². The number of anilines is 2. The second-order valence-corrected chi connectivity index (χ2v) is 7.25. The highest BCUT2D eigenvalue weighted by Crippen LogP contribution is 2.35. The molecule has 0 heterocycles. The number of aryl methyl sites for hydroxylation is 2. The van der Waals surface area contributed by atoms with Crippen LogP contribution in [0.4, 0.5) is 24.5 Å². The van der Waals surface area contributed by atoms with E-state index in [0.717, 1.165) is 28.2 Å². The average Bonchev–Trinajstić information content (AvgIpc) is 2.52. The number of hydrogen-bond donors (Lipinski definition) is 1. The summed E-state index contributed by atoms with van der Waals surface area (Å²) in [5.41, 5.74) is 2.08. The smallest absolute Gasteiger partial charge is 0.376 e. The SMILES string of the molecule is Cc1ccc(SCC(=O)Nc2cc(C(F)(F)F)ccc2N(C)C)c(C)c1. The van der Waals surface area contributed by atoms with Gasteiger partial charge in [0.25, 0.3) is 0 Å². The second-order valence-electron chi connectivity index (χ2n) is 6.23. The Kier molecular flexibility index (Phi) is 6.23. The Bertz CT molecular complexity index is 804. The molecule has 1 amide bonds. The Morgan fingerprint density at radius 2 is 1.81 bits per heavy atom. The van der Waals surface area contributed by atoms with Crippen LogP contribution in [0.3, 0.4) is 0 Å². The Morgan fingerprint density at radius 1 is 1.12 bits per heavy atom. The van der Waals surface area contributed by atoms with Crippen LogP contribution in [-0.4, -0.2) is 25.8 Å². The third-order valence-corrected chi connectivity index (χ3v) is 4.94. The lowest BCUT2D eigenvalue weighted by Crippen LogP contribution is -2.19. The predicted octanol–water partition coefficient (Wildman–Crippen LogP) is 5.12. The van der Waals surface area contributed by atoms with Crippen LogP contribution in [0.1, 0.15) is 16.7 Å². The fraction of sp³-hybridized carbons (Fsp3) is 0.316. The fourth-order valence-corrected chi connectivity index (χ4v) is 3.30. The van der Waals surface area contributed by atoms with Gasteiger partial charge in [-0.25, -0.2) is 0 Å². The van der Waals surface area contributed by atoms with Gasteiger partial charge < -0.3 is 10.2 Å². The Hall–Kier alpha value is -2.15. The van der Waals surface area contributed by atoms with E-state index in [0.29, 0.717) is 5.69 Å². The maximum Gasteiger partial charge on any atom is 0.416 e. The van der Waals surface area contributed by atoms with E-state index in [-0.39, 0.29) is 17.3 Å². The number of amides is 1. The third-order valence-electron chi connectivity index (χ3n) is 3.77. The number of alkyl halides is 3. The lowest BCUT2D eigenvalue weighted by atomic mass is 10.1. The van der Waals surface area contributed by atoms with Crippen molar-refractivity contribution in [3.05, 3.63) is 53.1 Å². The molecule has 0 aliphatic carbocycles. The lowest BCUT2D eigenvalue weighted by molar-refractivity contribution is -0.137. The maximum atomic E-state index is 13.0. The van der Waals surface area contributed by atoms with E-state index in [9.17, 15) is 18.0 Å². The van der Waals surface area contributed by atoms with Crippen molar-refractivity contribution in [2.45, 2.75) is 24.9 Å². The first-order valence-electron chi connectivity index (χ1n) is 7.96. The van der Waals surface area contributed by atoms with Crippen molar-refractivity contribution in [2.75, 3.05) is 30.1 Å². The van der Waals surface area contributed by atoms with Crippen molar-refractivity contribution >= 4 is 29.0 Å². The van der Waals surface area contributed by atoms with Gasteiger partial charge in [0, 0.05) is 19.0 Å². The minimum Gasteiger partial charge on any atom is -0.376 e. The van der Waals surface area contributed by atoms with Gasteiger partial charge in [-0.1, -0.05) is 17.7 Å². The minimum atomic E-state index is -4.46. The molecule has 0 aliphatic rings. The first kappa shape index (κ1) is 20.2. The lowest BCUT2D eigenvalue weighted by Gasteiger charge is -2.20. The van der Waals surface area contributed by atoms with Gasteiger partial charge in [-0.05, 0) is 43.7 Å².